The summed E-state index contributed by atoms with van der Waals surface area (Å²) in [6.45, 7) is 3.91. The Morgan fingerprint density at radius 3 is 2.62 bits per heavy atom. The number of hydrogen-bond donors (Lipinski definition) is 1. The van der Waals surface area contributed by atoms with Crippen LogP contribution in [0.1, 0.15) is 19.5 Å². The minimum absolute atomic E-state index is 0.184. The van der Waals surface area contributed by atoms with Crippen LogP contribution in [0.5, 0.6) is 5.88 Å². The number of nitrogens with zero attached hydrogens (tertiary/aromatic N) is 2. The van der Waals surface area contributed by atoms with Gasteiger partial charge >= 0.3 is 0 Å². The Morgan fingerprint density at radius 1 is 1.44 bits per heavy atom. The van der Waals surface area contributed by atoms with Gasteiger partial charge in [-0.1, -0.05) is 6.92 Å². The molecule has 0 saturated heterocycles. The molecule has 0 aromatic carbocycles. The molecule has 0 spiro atoms. The van der Waals surface area contributed by atoms with Crippen LogP contribution < -0.4 is 10.3 Å². The fourth-order valence-corrected chi connectivity index (χ4v) is 2.81. The van der Waals surface area contributed by atoms with Crippen molar-refractivity contribution in [1.82, 2.24) is 9.97 Å². The van der Waals surface area contributed by atoms with E-state index in [4.69, 9.17) is 26.6 Å². The van der Waals surface area contributed by atoms with Crippen LogP contribution in [0.15, 0.2) is 6.07 Å². The number of hydrogen-bond acceptors (Lipinski definition) is 6. The van der Waals surface area contributed by atoms with Gasteiger partial charge in [0, 0.05) is 17.9 Å². The Hall–Kier alpha value is -0.710. The third-order valence-electron chi connectivity index (χ3n) is 1.79. The second-order valence-corrected chi connectivity index (χ2v) is 7.11. The molecule has 1 rings (SSSR count). The molecule has 1 heterocycles. The highest BCUT2D eigenvalue weighted by Crippen LogP contribution is 2.47. The lowest BCUT2D eigenvalue weighted by atomic mass is 10.4. The van der Waals surface area contributed by atoms with Crippen molar-refractivity contribution in [3.63, 3.8) is 0 Å². The molecule has 90 valence electrons. The van der Waals surface area contributed by atoms with Crippen LogP contribution >= 0.6 is 6.49 Å². The molecule has 1 unspecified atom stereocenters. The Morgan fingerprint density at radius 2 is 2.12 bits per heavy atom. The van der Waals surface area contributed by atoms with Crippen molar-refractivity contribution in [1.29, 1.82) is 0 Å². The fraction of sp³-hybridized carbons (Fsp3) is 0.556. The molecule has 0 aliphatic rings. The largest absolute Gasteiger partial charge is 0.425 e. The van der Waals surface area contributed by atoms with Crippen molar-refractivity contribution in [3.8, 4) is 5.88 Å². The van der Waals surface area contributed by atoms with E-state index >= 15 is 0 Å². The van der Waals surface area contributed by atoms with E-state index in [-0.39, 0.29) is 5.95 Å². The van der Waals surface area contributed by atoms with Crippen LogP contribution in [0.25, 0.3) is 0 Å². The summed E-state index contributed by atoms with van der Waals surface area (Å²) >= 11 is 5.34. The number of rotatable bonds is 5. The Balaban J connectivity index is 2.90. The average Bonchev–Trinajstić information content (AvgIpc) is 2.16. The predicted molar refractivity (Wildman–Crippen MR) is 68.3 cm³/mol. The first-order valence-electron chi connectivity index (χ1n) is 5.03. The highest BCUT2D eigenvalue weighted by molar-refractivity contribution is 8.10. The maximum Gasteiger partial charge on any atom is 0.239 e. The zero-order valence-corrected chi connectivity index (χ0v) is 11.3. The summed E-state index contributed by atoms with van der Waals surface area (Å²) in [7, 11) is 0. The van der Waals surface area contributed by atoms with Gasteiger partial charge in [0.2, 0.25) is 18.3 Å². The van der Waals surface area contributed by atoms with Gasteiger partial charge in [-0.2, -0.15) is 4.98 Å². The first kappa shape index (κ1) is 13.4. The molecular formula is C9H16N3O2PS. The molecule has 5 nitrogen and oxygen atoms in total. The van der Waals surface area contributed by atoms with Gasteiger partial charge in [-0.05, 0) is 25.7 Å². The van der Waals surface area contributed by atoms with Gasteiger partial charge in [-0.3, -0.25) is 0 Å². The zero-order valence-electron chi connectivity index (χ0n) is 9.64. The van der Waals surface area contributed by atoms with Crippen LogP contribution in [0.2, 0.25) is 0 Å². The lowest BCUT2D eigenvalue weighted by Crippen LogP contribution is -2.04. The molecule has 0 fully saturated rings. The molecule has 1 aromatic heterocycles. The molecule has 0 aliphatic carbocycles. The van der Waals surface area contributed by atoms with Gasteiger partial charge < -0.3 is 14.8 Å². The predicted octanol–water partition coefficient (Wildman–Crippen LogP) is 2.11. The van der Waals surface area contributed by atoms with E-state index in [2.05, 4.69) is 9.97 Å². The molecule has 0 aliphatic heterocycles. The lowest BCUT2D eigenvalue weighted by Gasteiger charge is -2.20. The summed E-state index contributed by atoms with van der Waals surface area (Å²) in [6.07, 6.45) is 0.652. The van der Waals surface area contributed by atoms with Crippen LogP contribution in [0, 0.1) is 6.92 Å². The Kier molecular flexibility index (Phi) is 4.65. The summed E-state index contributed by atoms with van der Waals surface area (Å²) in [5, 5.41) is 0. The molecule has 0 radical (unpaired) electrons. The standard InChI is InChI=1S/C9H16N3O2PS/c1-4-13-15(16,5-2)14-8-6-7(3)11-9(10)12-8/h6H,4-5H2,1-3H3,(H2,10,11,12). The molecule has 7 heteroatoms. The molecule has 1 atom stereocenters. The second kappa shape index (κ2) is 5.57. The number of nitrogens with two attached hydrogens (primary N) is 1. The molecule has 2 N–H and O–H groups in total. The van der Waals surface area contributed by atoms with Crippen molar-refractivity contribution in [3.05, 3.63) is 11.8 Å². The quantitative estimate of drug-likeness (QED) is 0.819. The van der Waals surface area contributed by atoms with Crippen molar-refractivity contribution >= 4 is 24.2 Å². The summed E-state index contributed by atoms with van der Waals surface area (Å²) in [4.78, 5) is 7.94. The molecule has 0 saturated carbocycles. The van der Waals surface area contributed by atoms with Crippen molar-refractivity contribution < 1.29 is 9.05 Å². The molecule has 1 aromatic rings. The average molecular weight is 261 g/mol. The highest BCUT2D eigenvalue weighted by Gasteiger charge is 2.18. The maximum absolute atomic E-state index is 5.63. The van der Waals surface area contributed by atoms with Gasteiger partial charge in [-0.15, -0.1) is 0 Å². The Bertz CT molecular complexity index is 393. The van der Waals surface area contributed by atoms with Gasteiger partial charge in [0.05, 0.1) is 6.61 Å². The number of nitrogen functional groups attached to an aromatic ring is 1. The summed E-state index contributed by atoms with van der Waals surface area (Å²) in [5.41, 5.74) is 6.28. The van der Waals surface area contributed by atoms with Crippen LogP contribution in [-0.4, -0.2) is 22.7 Å². The van der Waals surface area contributed by atoms with Crippen molar-refractivity contribution in [2.75, 3.05) is 18.5 Å². The zero-order chi connectivity index (χ0) is 12.2. The molecular weight excluding hydrogens is 245 g/mol. The molecule has 16 heavy (non-hydrogen) atoms. The highest BCUT2D eigenvalue weighted by atomic mass is 32.5. The third kappa shape index (κ3) is 3.70. The summed E-state index contributed by atoms with van der Waals surface area (Å²) < 4.78 is 11.1. The summed E-state index contributed by atoms with van der Waals surface area (Å²) in [6, 6.07) is 1.70. The SMILES string of the molecule is CCOP(=S)(CC)Oc1cc(C)nc(N)n1. The summed E-state index contributed by atoms with van der Waals surface area (Å²) in [5.74, 6) is 0.577. The van der Waals surface area contributed by atoms with Gasteiger partial charge in [-0.25, -0.2) is 4.98 Å². The molecule has 0 amide bonds. The number of aromatic nitrogens is 2. The van der Waals surface area contributed by atoms with E-state index in [9.17, 15) is 0 Å². The van der Waals surface area contributed by atoms with Gasteiger partial charge in [0.1, 0.15) is 0 Å². The van der Waals surface area contributed by atoms with Crippen LogP contribution in [0.4, 0.5) is 5.95 Å². The van der Waals surface area contributed by atoms with E-state index < -0.39 is 6.49 Å². The van der Waals surface area contributed by atoms with Gasteiger partial charge in [0.25, 0.3) is 0 Å². The fourth-order valence-electron chi connectivity index (χ4n) is 1.13. The topological polar surface area (TPSA) is 70.3 Å². The van der Waals surface area contributed by atoms with E-state index in [0.29, 0.717) is 18.6 Å². The van der Waals surface area contributed by atoms with Crippen molar-refractivity contribution in [2.45, 2.75) is 20.8 Å². The van der Waals surface area contributed by atoms with E-state index in [1.807, 2.05) is 20.8 Å². The Labute approximate surface area is 101 Å². The molecule has 0 bridgehead atoms. The smallest absolute Gasteiger partial charge is 0.239 e. The second-order valence-electron chi connectivity index (χ2n) is 3.14. The minimum atomic E-state index is -2.27. The monoisotopic (exact) mass is 261 g/mol. The van der Waals surface area contributed by atoms with Crippen LogP contribution in [0.3, 0.4) is 0 Å². The van der Waals surface area contributed by atoms with E-state index in [0.717, 1.165) is 5.69 Å². The van der Waals surface area contributed by atoms with E-state index in [1.54, 1.807) is 6.07 Å². The van der Waals surface area contributed by atoms with Crippen LogP contribution in [-0.2, 0) is 16.3 Å². The maximum atomic E-state index is 5.63. The first-order chi connectivity index (χ1) is 7.49. The minimum Gasteiger partial charge on any atom is -0.425 e. The first-order valence-corrected chi connectivity index (χ1v) is 7.85. The number of aryl methyl sites for hydroxylation is 1. The normalized spacial score (nSPS) is 14.4. The number of anilines is 1. The third-order valence-corrected chi connectivity index (χ3v) is 5.00. The lowest BCUT2D eigenvalue weighted by molar-refractivity contribution is 0.329. The van der Waals surface area contributed by atoms with Gasteiger partial charge in [0.15, 0.2) is 0 Å². The van der Waals surface area contributed by atoms with E-state index in [1.165, 1.54) is 0 Å². The van der Waals surface area contributed by atoms with Crippen molar-refractivity contribution in [2.24, 2.45) is 0 Å².